The average Bonchev–Trinajstić information content (AvgIpc) is 3.49. The van der Waals surface area contributed by atoms with Gasteiger partial charge >= 0.3 is 0 Å². The van der Waals surface area contributed by atoms with Gasteiger partial charge in [0.2, 0.25) is 0 Å². The summed E-state index contributed by atoms with van der Waals surface area (Å²) in [5, 5.41) is 2.95. The smallest absolute Gasteiger partial charge is 0.274 e. The van der Waals surface area contributed by atoms with Crippen LogP contribution in [0.25, 0.3) is 5.57 Å². The van der Waals surface area contributed by atoms with Crippen molar-refractivity contribution in [3.63, 3.8) is 0 Å². The Kier molecular flexibility index (Phi) is 16.5. The first-order valence-electron chi connectivity index (χ1n) is 20.0. The van der Waals surface area contributed by atoms with E-state index in [9.17, 15) is 18.4 Å². The molecule has 0 aromatic heterocycles. The van der Waals surface area contributed by atoms with E-state index in [1.807, 2.05) is 110 Å². The molecule has 0 fully saturated rings. The molecule has 1 heterocycles. The fraction of sp³-hybridized carbons (Fsp3) is 0.0755. The molecule has 0 aliphatic carbocycles. The van der Waals surface area contributed by atoms with E-state index in [-0.39, 0.29) is 23.4 Å². The number of ether oxygens (including phenoxy) is 1. The molecule has 0 saturated heterocycles. The second-order valence-electron chi connectivity index (χ2n) is 14.2. The van der Waals surface area contributed by atoms with E-state index < -0.39 is 0 Å². The summed E-state index contributed by atoms with van der Waals surface area (Å²) < 4.78 is 30.8. The van der Waals surface area contributed by atoms with Crippen molar-refractivity contribution in [2.75, 3.05) is 20.0 Å². The molecule has 4 N–H and O–H groups in total. The quantitative estimate of drug-likeness (QED) is 0.0711. The number of nitrogens with one attached hydrogen (secondary N) is 2. The number of terminal acetylenes is 1. The number of hydrogen-bond donors (Lipinski definition) is 3. The van der Waals surface area contributed by atoms with Crippen LogP contribution in [0.2, 0.25) is 0 Å². The minimum Gasteiger partial charge on any atom is -0.450 e. The molecule has 1 aliphatic heterocycles. The summed E-state index contributed by atoms with van der Waals surface area (Å²) in [7, 11) is 2.83. The Labute approximate surface area is 386 Å². The van der Waals surface area contributed by atoms with E-state index >= 15 is 0 Å². The first-order valence-corrected chi connectivity index (χ1v) is 21.6. The normalized spacial score (nSPS) is 11.0. The minimum absolute atomic E-state index is 0.124. The van der Waals surface area contributed by atoms with Gasteiger partial charge in [-0.15, -0.1) is 0 Å². The van der Waals surface area contributed by atoms with Gasteiger partial charge < -0.3 is 15.8 Å². The zero-order valence-corrected chi connectivity index (χ0v) is 37.4. The van der Waals surface area contributed by atoms with Gasteiger partial charge in [-0.2, -0.15) is 0 Å². The minimum atomic E-state index is -0.342. The highest BCUT2D eigenvalue weighted by atomic mass is 32.2. The van der Waals surface area contributed by atoms with Gasteiger partial charge in [-0.05, 0) is 132 Å². The van der Waals surface area contributed by atoms with Crippen molar-refractivity contribution < 1.29 is 27.9 Å². The molecule has 0 spiro atoms. The summed E-state index contributed by atoms with van der Waals surface area (Å²) in [4.78, 5) is 38.4. The lowest BCUT2D eigenvalue weighted by atomic mass is 10.00. The number of hydroxylamine groups is 1. The number of methoxy groups -OCH3 is 1. The van der Waals surface area contributed by atoms with Crippen molar-refractivity contribution in [2.24, 2.45) is 4.99 Å². The predicted molar refractivity (Wildman–Crippen MR) is 257 cm³/mol. The molecule has 8 rings (SSSR count). The van der Waals surface area contributed by atoms with E-state index in [0.29, 0.717) is 29.0 Å². The van der Waals surface area contributed by atoms with Crippen molar-refractivity contribution >= 4 is 58.0 Å². The maximum absolute atomic E-state index is 13.4. The third kappa shape index (κ3) is 12.6. The van der Waals surface area contributed by atoms with E-state index in [4.69, 9.17) is 15.6 Å². The molecule has 0 saturated carbocycles. The molecule has 1 aliphatic rings. The highest BCUT2D eigenvalue weighted by Crippen LogP contribution is 2.42. The van der Waals surface area contributed by atoms with Gasteiger partial charge in [-0.1, -0.05) is 97.2 Å². The van der Waals surface area contributed by atoms with Crippen LogP contribution in [0.1, 0.15) is 54.1 Å². The summed E-state index contributed by atoms with van der Waals surface area (Å²) in [6.07, 6.45) is 6.49. The summed E-state index contributed by atoms with van der Waals surface area (Å²) in [6, 6.07) is 47.1. The monoisotopic (exact) mass is 902 g/mol. The first kappa shape index (κ1) is 47.1. The molecule has 65 heavy (non-hydrogen) atoms. The third-order valence-corrected chi connectivity index (χ3v) is 12.1. The van der Waals surface area contributed by atoms with E-state index in [1.54, 1.807) is 59.9 Å². The van der Waals surface area contributed by atoms with Crippen molar-refractivity contribution in [1.82, 2.24) is 10.8 Å². The fourth-order valence-corrected chi connectivity index (χ4v) is 8.46. The molecule has 0 unspecified atom stereocenters. The highest BCUT2D eigenvalue weighted by Gasteiger charge is 2.20. The van der Waals surface area contributed by atoms with Crippen molar-refractivity contribution in [3.8, 4) is 12.5 Å². The van der Waals surface area contributed by atoms with Crippen LogP contribution in [0.3, 0.4) is 0 Å². The molecule has 0 bridgehead atoms. The standard InChI is InChI=1S/C29H25FN2OS.C21H15FN2O2S.C3H4O/c1-19-17-23(29(33)32-18-21-7-14-25(31)15-8-21)11-16-27(19)34-28-6-4-3-5-26(28)20(2)22-9-12-24(30)13-10-22;1-26-24-21(25)14-8-11-19-17(12-14)23-20(13-6-9-15(22)10-7-13)16-4-2-3-5-18(16)27-19;1-3-4-2/h3-17H,2,18,31H2,1H3,(H,32,33);2-12H,1H3,(H,24,25);1H,2H3. The Morgan fingerprint density at radius 2 is 1.37 bits per heavy atom. The lowest BCUT2D eigenvalue weighted by Gasteiger charge is -2.14. The van der Waals surface area contributed by atoms with Crippen LogP contribution in [-0.4, -0.2) is 31.7 Å². The van der Waals surface area contributed by atoms with Gasteiger partial charge in [0.25, 0.3) is 11.8 Å². The van der Waals surface area contributed by atoms with Gasteiger partial charge in [0.1, 0.15) is 17.7 Å². The van der Waals surface area contributed by atoms with Crippen LogP contribution >= 0.6 is 23.5 Å². The van der Waals surface area contributed by atoms with Crippen LogP contribution in [0.4, 0.5) is 20.2 Å². The second-order valence-corrected chi connectivity index (χ2v) is 16.4. The number of anilines is 1. The number of benzene rings is 7. The van der Waals surface area contributed by atoms with Crippen LogP contribution in [0.15, 0.2) is 189 Å². The largest absolute Gasteiger partial charge is 0.450 e. The number of nitrogen functional groups attached to an aromatic ring is 1. The molecular weight excluding hydrogens is 859 g/mol. The lowest BCUT2D eigenvalue weighted by molar-refractivity contribution is 0.0537. The van der Waals surface area contributed by atoms with E-state index in [0.717, 1.165) is 64.2 Å². The fourth-order valence-electron chi connectivity index (χ4n) is 6.42. The summed E-state index contributed by atoms with van der Waals surface area (Å²) in [5.41, 5.74) is 17.7. The average molecular weight is 903 g/mol. The predicted octanol–water partition coefficient (Wildman–Crippen LogP) is 11.8. The number of nitrogens with zero attached hydrogens (tertiary/aromatic N) is 1. The zero-order chi connectivity index (χ0) is 46.3. The van der Waals surface area contributed by atoms with Gasteiger partial charge in [0, 0.05) is 54.1 Å². The number of aryl methyl sites for hydroxylation is 1. The molecule has 7 aromatic carbocycles. The Hall–Kier alpha value is -7.43. The van der Waals surface area contributed by atoms with E-state index in [2.05, 4.69) is 28.5 Å². The molecular formula is C53H44F2N4O4S2. The Bertz CT molecular complexity index is 2880. The van der Waals surface area contributed by atoms with Crippen LogP contribution in [0.5, 0.6) is 0 Å². The molecule has 0 radical (unpaired) electrons. The number of fused-ring (bicyclic) bond motifs is 2. The Morgan fingerprint density at radius 1 is 0.754 bits per heavy atom. The topological polar surface area (TPSA) is 115 Å². The SMILES string of the molecule is C#COC.C=C(c1ccc(F)cc1)c1ccccc1Sc1ccc(C(=O)NCc2ccc(N)cc2)cc1C.CONC(=O)c1ccc2c(c1)N=C(c1ccc(F)cc1)c1ccccc1S2. The summed E-state index contributed by atoms with van der Waals surface area (Å²) >= 11 is 3.21. The maximum atomic E-state index is 13.4. The number of nitrogens with two attached hydrogens (primary N) is 1. The lowest BCUT2D eigenvalue weighted by Crippen LogP contribution is -2.22. The maximum Gasteiger partial charge on any atom is 0.274 e. The highest BCUT2D eigenvalue weighted by molar-refractivity contribution is 7.99. The molecule has 12 heteroatoms. The number of halogens is 2. The van der Waals surface area contributed by atoms with Crippen molar-refractivity contribution in [2.45, 2.75) is 33.1 Å². The van der Waals surface area contributed by atoms with Gasteiger partial charge in [0.05, 0.1) is 25.6 Å². The third-order valence-electron chi connectivity index (χ3n) is 9.74. The molecule has 8 nitrogen and oxygen atoms in total. The van der Waals surface area contributed by atoms with E-state index in [1.165, 1.54) is 38.5 Å². The molecule has 7 aromatic rings. The first-order chi connectivity index (χ1) is 31.5. The van der Waals surface area contributed by atoms with Crippen molar-refractivity contribution in [3.05, 3.63) is 220 Å². The van der Waals surface area contributed by atoms with Crippen LogP contribution in [0, 0.1) is 31.1 Å². The molecule has 326 valence electrons. The molecule has 0 atom stereocenters. The number of hydrogen-bond acceptors (Lipinski definition) is 8. The zero-order valence-electron chi connectivity index (χ0n) is 35.7. The Morgan fingerprint density at radius 3 is 2.05 bits per heavy atom. The number of amides is 2. The van der Waals surface area contributed by atoms with Crippen LogP contribution < -0.4 is 16.5 Å². The number of carbonyl (C=O) groups is 2. The Balaban J connectivity index is 0.000000203. The van der Waals surface area contributed by atoms with Crippen molar-refractivity contribution in [1.29, 1.82) is 0 Å². The molecule has 2 amide bonds. The van der Waals surface area contributed by atoms with Crippen LogP contribution in [-0.2, 0) is 16.1 Å². The number of aliphatic imine (C=N–C) groups is 1. The number of carbonyl (C=O) groups excluding carboxylic acids is 2. The number of rotatable bonds is 10. The van der Waals surface area contributed by atoms with Gasteiger partial charge in [-0.3, -0.25) is 14.4 Å². The van der Waals surface area contributed by atoms with Gasteiger partial charge in [0.15, 0.2) is 0 Å². The second kappa shape index (κ2) is 22.8. The van der Waals surface area contributed by atoms with Gasteiger partial charge in [-0.25, -0.2) is 19.3 Å². The summed E-state index contributed by atoms with van der Waals surface area (Å²) in [5.74, 6) is -1.03. The summed E-state index contributed by atoms with van der Waals surface area (Å²) in [6.45, 7) is 6.68.